The molecule has 36 heavy (non-hydrogen) atoms. The Bertz CT molecular complexity index is 1350. The number of anilines is 1. The monoisotopic (exact) mass is 506 g/mol. The molecule has 0 spiro atoms. The van der Waals surface area contributed by atoms with Gasteiger partial charge in [0.2, 0.25) is 0 Å². The average Bonchev–Trinajstić information content (AvgIpc) is 3.20. The number of benzene rings is 1. The Morgan fingerprint density at radius 3 is 2.72 bits per heavy atom. The van der Waals surface area contributed by atoms with Crippen molar-refractivity contribution in [3.63, 3.8) is 0 Å². The molecule has 12 heteroatoms. The Balaban J connectivity index is 1.51. The van der Waals surface area contributed by atoms with Crippen LogP contribution in [0.5, 0.6) is 5.75 Å². The van der Waals surface area contributed by atoms with Crippen LogP contribution in [0.2, 0.25) is 0 Å². The minimum Gasteiger partial charge on any atom is -0.406 e. The van der Waals surface area contributed by atoms with Crippen molar-refractivity contribution in [1.29, 1.82) is 0 Å². The highest BCUT2D eigenvalue weighted by molar-refractivity contribution is 5.97. The molecule has 2 aliphatic heterocycles. The molecule has 0 unspecified atom stereocenters. The summed E-state index contributed by atoms with van der Waals surface area (Å²) in [5.41, 5.74) is 8.31. The van der Waals surface area contributed by atoms with Gasteiger partial charge in [-0.1, -0.05) is 6.07 Å². The Labute approximate surface area is 203 Å². The van der Waals surface area contributed by atoms with Crippen LogP contribution in [0.1, 0.15) is 53.2 Å². The van der Waals surface area contributed by atoms with E-state index in [9.17, 15) is 22.4 Å². The number of nitrogens with zero attached hydrogens (tertiary/aromatic N) is 3. The fourth-order valence-corrected chi connectivity index (χ4v) is 4.79. The summed E-state index contributed by atoms with van der Waals surface area (Å²) >= 11 is 0. The van der Waals surface area contributed by atoms with Crippen molar-refractivity contribution < 1.29 is 36.6 Å². The number of fused-ring (bicyclic) bond motifs is 3. The summed E-state index contributed by atoms with van der Waals surface area (Å²) in [7, 11) is 0. The number of hydrogen-bond acceptors (Lipinski definition) is 7. The first kappa shape index (κ1) is 24.2. The van der Waals surface area contributed by atoms with Gasteiger partial charge in [0.1, 0.15) is 23.1 Å². The van der Waals surface area contributed by atoms with E-state index in [0.29, 0.717) is 29.4 Å². The number of aromatic nitrogens is 2. The third kappa shape index (κ3) is 4.30. The maximum absolute atomic E-state index is 14.9. The summed E-state index contributed by atoms with van der Waals surface area (Å²) in [6.45, 7) is 4.07. The number of halogens is 4. The van der Waals surface area contributed by atoms with Crippen molar-refractivity contribution in [3.05, 3.63) is 58.7 Å². The zero-order chi connectivity index (χ0) is 25.8. The minimum absolute atomic E-state index is 0.00257. The second kappa shape index (κ2) is 8.86. The van der Waals surface area contributed by atoms with Gasteiger partial charge in [0.15, 0.2) is 0 Å². The van der Waals surface area contributed by atoms with Crippen molar-refractivity contribution in [1.82, 2.24) is 14.9 Å². The zero-order valence-corrected chi connectivity index (χ0v) is 19.3. The van der Waals surface area contributed by atoms with Crippen LogP contribution in [0, 0.1) is 5.82 Å². The molecule has 1 saturated heterocycles. The van der Waals surface area contributed by atoms with Crippen LogP contribution in [0.25, 0.3) is 10.9 Å². The van der Waals surface area contributed by atoms with Gasteiger partial charge in [-0.15, -0.1) is 13.2 Å². The number of pyridine rings is 2. The highest BCUT2D eigenvalue weighted by Gasteiger charge is 2.37. The topological polar surface area (TPSA) is 99.8 Å². The third-order valence-corrected chi connectivity index (χ3v) is 6.40. The summed E-state index contributed by atoms with van der Waals surface area (Å²) in [6, 6.07) is 3.06. The number of rotatable bonds is 3. The number of ether oxygens (including phenoxy) is 3. The number of carbonyl (C=O) groups excluding carboxylic acids is 1. The molecule has 8 nitrogen and oxygen atoms in total. The average molecular weight is 506 g/mol. The largest absolute Gasteiger partial charge is 0.573 e. The fraction of sp³-hybridized carbons (Fsp3) is 0.375. The molecule has 3 aromatic rings. The van der Waals surface area contributed by atoms with Gasteiger partial charge in [-0.3, -0.25) is 4.79 Å². The predicted octanol–water partition coefficient (Wildman–Crippen LogP) is 4.44. The molecule has 190 valence electrons. The molecule has 0 saturated carbocycles. The van der Waals surface area contributed by atoms with Gasteiger partial charge in [-0.05, 0) is 31.5 Å². The summed E-state index contributed by atoms with van der Waals surface area (Å²) in [4.78, 5) is 23.8. The SMILES string of the molecule is C[C@@H]1OCc2c1c(N)nc1cnc(C(=O)N3[C@H](C)COC[C@@H]3c3ccc(OC(F)(F)F)cc3F)cc21. The first-order chi connectivity index (χ1) is 17.0. The van der Waals surface area contributed by atoms with Gasteiger partial charge in [0.05, 0.1) is 49.7 Å². The van der Waals surface area contributed by atoms with E-state index in [2.05, 4.69) is 14.7 Å². The van der Waals surface area contributed by atoms with E-state index in [4.69, 9.17) is 15.2 Å². The molecule has 4 heterocycles. The summed E-state index contributed by atoms with van der Waals surface area (Å²) in [6.07, 6.45) is -3.74. The molecule has 0 aliphatic carbocycles. The van der Waals surface area contributed by atoms with Crippen LogP contribution in [0.15, 0.2) is 30.5 Å². The van der Waals surface area contributed by atoms with Crippen molar-refractivity contribution in [2.24, 2.45) is 0 Å². The van der Waals surface area contributed by atoms with Crippen molar-refractivity contribution in [2.45, 2.75) is 45.0 Å². The lowest BCUT2D eigenvalue weighted by Gasteiger charge is -2.40. The van der Waals surface area contributed by atoms with Crippen LogP contribution in [0.4, 0.5) is 23.4 Å². The van der Waals surface area contributed by atoms with Gasteiger partial charge in [0.25, 0.3) is 5.91 Å². The van der Waals surface area contributed by atoms with E-state index in [-0.39, 0.29) is 30.6 Å². The van der Waals surface area contributed by atoms with E-state index in [1.165, 1.54) is 11.1 Å². The van der Waals surface area contributed by atoms with E-state index in [0.717, 1.165) is 23.3 Å². The second-order valence-electron chi connectivity index (χ2n) is 8.78. The standard InChI is InChI=1S/C24H22F4N4O4/c1-11-8-34-10-20(14-4-3-13(5-17(14)25)36-24(26,27)28)32(11)23(33)18-6-15-16-9-35-12(2)21(16)22(29)31-19(15)7-30-18/h3-7,11-12,20H,8-10H2,1-2H3,(H2,29,31)/t11-,12+,20-/m1/s1. The Morgan fingerprint density at radius 1 is 1.22 bits per heavy atom. The molecule has 0 bridgehead atoms. The van der Waals surface area contributed by atoms with Gasteiger partial charge in [0, 0.05) is 22.6 Å². The molecule has 2 aliphatic rings. The lowest BCUT2D eigenvalue weighted by atomic mass is 10.00. The molecule has 1 amide bonds. The summed E-state index contributed by atoms with van der Waals surface area (Å²) in [5.74, 6) is -1.78. The number of nitrogen functional groups attached to an aromatic ring is 1. The highest BCUT2D eigenvalue weighted by atomic mass is 19.4. The molecular weight excluding hydrogens is 484 g/mol. The molecule has 1 aromatic carbocycles. The number of alkyl halides is 3. The predicted molar refractivity (Wildman–Crippen MR) is 119 cm³/mol. The highest BCUT2D eigenvalue weighted by Crippen LogP contribution is 2.38. The lowest BCUT2D eigenvalue weighted by molar-refractivity contribution is -0.274. The molecule has 0 radical (unpaired) electrons. The van der Waals surface area contributed by atoms with E-state index >= 15 is 0 Å². The maximum Gasteiger partial charge on any atom is 0.573 e. The maximum atomic E-state index is 14.9. The quantitative estimate of drug-likeness (QED) is 0.524. The number of hydrogen-bond donors (Lipinski definition) is 1. The van der Waals surface area contributed by atoms with Crippen molar-refractivity contribution in [3.8, 4) is 5.75 Å². The number of nitrogens with two attached hydrogens (primary N) is 1. The van der Waals surface area contributed by atoms with Crippen LogP contribution in [0.3, 0.4) is 0 Å². The van der Waals surface area contributed by atoms with Gasteiger partial charge < -0.3 is 24.8 Å². The first-order valence-electron chi connectivity index (χ1n) is 11.2. The summed E-state index contributed by atoms with van der Waals surface area (Å²) in [5, 5.41) is 0.680. The van der Waals surface area contributed by atoms with E-state index in [1.54, 1.807) is 13.0 Å². The molecular formula is C24H22F4N4O4. The molecule has 5 rings (SSSR count). The number of carbonyl (C=O) groups is 1. The van der Waals surface area contributed by atoms with Crippen molar-refractivity contribution in [2.75, 3.05) is 18.9 Å². The Morgan fingerprint density at radius 2 is 2.00 bits per heavy atom. The van der Waals surface area contributed by atoms with Gasteiger partial charge in [-0.25, -0.2) is 14.4 Å². The Kier molecular flexibility index (Phi) is 5.95. The zero-order valence-electron chi connectivity index (χ0n) is 19.3. The van der Waals surface area contributed by atoms with Crippen LogP contribution in [-0.2, 0) is 16.1 Å². The van der Waals surface area contributed by atoms with Crippen molar-refractivity contribution >= 4 is 22.6 Å². The van der Waals surface area contributed by atoms with Gasteiger partial charge in [-0.2, -0.15) is 0 Å². The number of morpholine rings is 1. The second-order valence-corrected chi connectivity index (χ2v) is 8.78. The normalized spacial score (nSPS) is 22.1. The molecule has 3 atom stereocenters. The van der Waals surface area contributed by atoms with E-state index in [1.807, 2.05) is 6.92 Å². The molecule has 1 fully saturated rings. The Hall–Kier alpha value is -3.51. The third-order valence-electron chi connectivity index (χ3n) is 6.40. The summed E-state index contributed by atoms with van der Waals surface area (Å²) < 4.78 is 67.6. The van der Waals surface area contributed by atoms with Gasteiger partial charge >= 0.3 is 6.36 Å². The van der Waals surface area contributed by atoms with Crippen LogP contribution in [-0.4, -0.2) is 46.4 Å². The fourth-order valence-electron chi connectivity index (χ4n) is 4.79. The van der Waals surface area contributed by atoms with E-state index < -0.39 is 35.9 Å². The van der Waals surface area contributed by atoms with Crippen LogP contribution >= 0.6 is 0 Å². The van der Waals surface area contributed by atoms with Crippen LogP contribution < -0.4 is 10.5 Å². The molecule has 2 N–H and O–H groups in total. The smallest absolute Gasteiger partial charge is 0.406 e. The lowest BCUT2D eigenvalue weighted by Crippen LogP contribution is -2.49. The molecule has 2 aromatic heterocycles. The minimum atomic E-state index is -4.96. The first-order valence-corrected chi connectivity index (χ1v) is 11.2. The number of amides is 1.